The highest BCUT2D eigenvalue weighted by Gasteiger charge is 2.40. The van der Waals surface area contributed by atoms with Crippen LogP contribution in [0.15, 0.2) is 73.1 Å². The average molecular weight is 454 g/mol. The Labute approximate surface area is 191 Å². The topological polar surface area (TPSA) is 36.4 Å². The minimum atomic E-state index is -4.41. The van der Waals surface area contributed by atoms with Crippen LogP contribution in [0.1, 0.15) is 41.1 Å². The number of rotatable bonds is 7. The molecule has 0 radical (unpaired) electrons. The quantitative estimate of drug-likeness (QED) is 0.455. The van der Waals surface area contributed by atoms with Crippen LogP contribution >= 0.6 is 0 Å². The molecule has 3 aromatic rings. The molecular formula is C26H26F3N3O. The number of alkyl halides is 3. The van der Waals surface area contributed by atoms with E-state index in [1.54, 1.807) is 36.5 Å². The summed E-state index contributed by atoms with van der Waals surface area (Å²) in [5.74, 6) is -0.142. The van der Waals surface area contributed by atoms with Gasteiger partial charge in [0.1, 0.15) is 6.04 Å². The maximum absolute atomic E-state index is 13.9. The highest BCUT2D eigenvalue weighted by Crippen LogP contribution is 2.38. The van der Waals surface area contributed by atoms with Gasteiger partial charge in [-0.1, -0.05) is 42.5 Å². The van der Waals surface area contributed by atoms with Gasteiger partial charge in [0.2, 0.25) is 5.91 Å². The number of carbonyl (C=O) groups is 1. The van der Waals surface area contributed by atoms with Crippen LogP contribution in [0.2, 0.25) is 0 Å². The Morgan fingerprint density at radius 1 is 1.09 bits per heavy atom. The molecule has 0 aliphatic heterocycles. The first-order valence-corrected chi connectivity index (χ1v) is 10.9. The normalized spacial score (nSPS) is 14.8. The van der Waals surface area contributed by atoms with Crippen molar-refractivity contribution in [3.63, 3.8) is 0 Å². The smallest absolute Gasteiger partial charge is 0.314 e. The number of nitrogens with zero attached hydrogens (tertiary/aromatic N) is 3. The standard InChI is InChI=1S/C26H26F3N3O/c1-18-7-3-4-11-23(18)31(2)25(33)24(20-9-6-14-30-16-20)32(22-12-13-22)17-19-8-5-10-21(15-19)26(27,28)29/h3-11,14-16,22,24H,12-13,17H2,1-2H3. The summed E-state index contributed by atoms with van der Waals surface area (Å²) < 4.78 is 39.8. The summed E-state index contributed by atoms with van der Waals surface area (Å²) in [6.07, 6.45) is 0.693. The molecule has 1 unspecified atom stereocenters. The number of benzene rings is 2. The Kier molecular flexibility index (Phi) is 6.51. The van der Waals surface area contributed by atoms with Crippen LogP contribution in [-0.2, 0) is 17.5 Å². The third-order valence-electron chi connectivity index (χ3n) is 6.01. The van der Waals surface area contributed by atoms with Crippen LogP contribution in [0.4, 0.5) is 18.9 Å². The zero-order valence-corrected chi connectivity index (χ0v) is 18.6. The van der Waals surface area contributed by atoms with E-state index in [0.717, 1.165) is 35.7 Å². The van der Waals surface area contributed by atoms with Crippen molar-refractivity contribution >= 4 is 11.6 Å². The van der Waals surface area contributed by atoms with Gasteiger partial charge < -0.3 is 4.90 Å². The van der Waals surface area contributed by atoms with E-state index < -0.39 is 17.8 Å². The highest BCUT2D eigenvalue weighted by molar-refractivity contribution is 5.98. The van der Waals surface area contributed by atoms with Crippen LogP contribution in [0, 0.1) is 6.92 Å². The number of likely N-dealkylation sites (N-methyl/N-ethyl adjacent to an activating group) is 1. The van der Waals surface area contributed by atoms with Crippen molar-refractivity contribution in [1.29, 1.82) is 0 Å². The highest BCUT2D eigenvalue weighted by atomic mass is 19.4. The first-order chi connectivity index (χ1) is 15.8. The molecule has 2 aromatic carbocycles. The largest absolute Gasteiger partial charge is 0.416 e. The molecule has 1 saturated carbocycles. The van der Waals surface area contributed by atoms with Gasteiger partial charge in [0, 0.05) is 37.7 Å². The molecule has 1 aliphatic rings. The van der Waals surface area contributed by atoms with Crippen molar-refractivity contribution in [2.75, 3.05) is 11.9 Å². The third kappa shape index (κ3) is 5.25. The molecule has 172 valence electrons. The van der Waals surface area contributed by atoms with Crippen LogP contribution in [-0.4, -0.2) is 28.9 Å². The van der Waals surface area contributed by atoms with Crippen molar-refractivity contribution in [3.05, 3.63) is 95.3 Å². The average Bonchev–Trinajstić information content (AvgIpc) is 3.64. The zero-order valence-electron chi connectivity index (χ0n) is 18.6. The van der Waals surface area contributed by atoms with Gasteiger partial charge >= 0.3 is 6.18 Å². The van der Waals surface area contributed by atoms with Crippen LogP contribution in [0.25, 0.3) is 0 Å². The Balaban J connectivity index is 1.71. The van der Waals surface area contributed by atoms with Gasteiger partial charge in [-0.2, -0.15) is 13.2 Å². The molecule has 1 aliphatic carbocycles. The molecule has 1 fully saturated rings. The molecule has 4 nitrogen and oxygen atoms in total. The molecule has 33 heavy (non-hydrogen) atoms. The number of aryl methyl sites for hydroxylation is 1. The second kappa shape index (κ2) is 9.35. The van der Waals surface area contributed by atoms with Crippen LogP contribution in [0.3, 0.4) is 0 Å². The lowest BCUT2D eigenvalue weighted by atomic mass is 10.0. The fourth-order valence-corrected chi connectivity index (χ4v) is 4.15. The predicted octanol–water partition coefficient (Wildman–Crippen LogP) is 5.78. The van der Waals surface area contributed by atoms with Gasteiger partial charge in [-0.15, -0.1) is 0 Å². The number of hydrogen-bond donors (Lipinski definition) is 0. The molecule has 0 saturated heterocycles. The van der Waals surface area contributed by atoms with Gasteiger partial charge in [0.15, 0.2) is 0 Å². The van der Waals surface area contributed by atoms with Crippen molar-refractivity contribution in [2.45, 2.75) is 44.6 Å². The maximum Gasteiger partial charge on any atom is 0.416 e. The molecule has 7 heteroatoms. The van der Waals surface area contributed by atoms with Crippen molar-refractivity contribution in [3.8, 4) is 0 Å². The molecule has 0 N–H and O–H groups in total. The molecule has 1 heterocycles. The van der Waals surface area contributed by atoms with E-state index in [0.29, 0.717) is 5.56 Å². The molecule has 1 amide bonds. The van der Waals surface area contributed by atoms with Crippen molar-refractivity contribution in [2.24, 2.45) is 0 Å². The van der Waals surface area contributed by atoms with E-state index in [1.807, 2.05) is 42.2 Å². The van der Waals surface area contributed by atoms with Crippen molar-refractivity contribution < 1.29 is 18.0 Å². The summed E-state index contributed by atoms with van der Waals surface area (Å²) in [5.41, 5.74) is 2.33. The van der Waals surface area contributed by atoms with Crippen molar-refractivity contribution in [1.82, 2.24) is 9.88 Å². The summed E-state index contributed by atoms with van der Waals surface area (Å²) in [7, 11) is 1.74. The van der Waals surface area contributed by atoms with E-state index in [9.17, 15) is 18.0 Å². The van der Waals surface area contributed by atoms with Gasteiger partial charge in [-0.05, 0) is 54.7 Å². The first-order valence-electron chi connectivity index (χ1n) is 10.9. The van der Waals surface area contributed by atoms with E-state index in [2.05, 4.69) is 4.98 Å². The van der Waals surface area contributed by atoms with E-state index in [1.165, 1.54) is 12.1 Å². The Morgan fingerprint density at radius 3 is 2.48 bits per heavy atom. The Bertz CT molecular complexity index is 1110. The molecule has 1 atom stereocenters. The second-order valence-corrected chi connectivity index (χ2v) is 8.47. The van der Waals surface area contributed by atoms with Crippen LogP contribution < -0.4 is 4.90 Å². The fraction of sp³-hybridized carbons (Fsp3) is 0.308. The second-order valence-electron chi connectivity index (χ2n) is 8.47. The number of para-hydroxylation sites is 1. The monoisotopic (exact) mass is 453 g/mol. The molecule has 1 aromatic heterocycles. The predicted molar refractivity (Wildman–Crippen MR) is 122 cm³/mol. The third-order valence-corrected chi connectivity index (χ3v) is 6.01. The number of pyridine rings is 1. The number of hydrogen-bond acceptors (Lipinski definition) is 3. The SMILES string of the molecule is Cc1ccccc1N(C)C(=O)C(c1cccnc1)N(Cc1cccc(C(F)(F)F)c1)C1CC1. The number of carbonyl (C=O) groups excluding carboxylic acids is 1. The Morgan fingerprint density at radius 2 is 1.85 bits per heavy atom. The van der Waals surface area contributed by atoms with Gasteiger partial charge in [0.25, 0.3) is 0 Å². The molecule has 0 bridgehead atoms. The summed E-state index contributed by atoms with van der Waals surface area (Å²) in [5, 5.41) is 0. The fourth-order valence-electron chi connectivity index (χ4n) is 4.15. The maximum atomic E-state index is 13.9. The lowest BCUT2D eigenvalue weighted by Gasteiger charge is -2.34. The first kappa shape index (κ1) is 23.0. The van der Waals surface area contributed by atoms with Gasteiger partial charge in [0.05, 0.1) is 5.56 Å². The summed E-state index contributed by atoms with van der Waals surface area (Å²) in [6.45, 7) is 2.18. The number of anilines is 1. The minimum Gasteiger partial charge on any atom is -0.314 e. The molecule has 4 rings (SSSR count). The minimum absolute atomic E-state index is 0.124. The van der Waals surface area contributed by atoms with Gasteiger partial charge in [-0.3, -0.25) is 14.7 Å². The summed E-state index contributed by atoms with van der Waals surface area (Å²) in [4.78, 5) is 21.7. The Hall–Kier alpha value is -3.19. The summed E-state index contributed by atoms with van der Waals surface area (Å²) >= 11 is 0. The zero-order chi connectivity index (χ0) is 23.6. The lowest BCUT2D eigenvalue weighted by molar-refractivity contribution is -0.137. The van der Waals surface area contributed by atoms with Crippen LogP contribution in [0.5, 0.6) is 0 Å². The number of aromatic nitrogens is 1. The lowest BCUT2D eigenvalue weighted by Crippen LogP contribution is -2.42. The summed E-state index contributed by atoms with van der Waals surface area (Å²) in [6, 6.07) is 16.1. The number of amides is 1. The number of halogens is 3. The van der Waals surface area contributed by atoms with E-state index in [-0.39, 0.29) is 18.5 Å². The molecule has 0 spiro atoms. The van der Waals surface area contributed by atoms with Gasteiger partial charge in [-0.25, -0.2) is 0 Å². The molecular weight excluding hydrogens is 427 g/mol. The van der Waals surface area contributed by atoms with E-state index in [4.69, 9.17) is 0 Å². The van der Waals surface area contributed by atoms with E-state index >= 15 is 0 Å².